The summed E-state index contributed by atoms with van der Waals surface area (Å²) in [5.74, 6) is 0. The van der Waals surface area contributed by atoms with Crippen molar-refractivity contribution in [1.82, 2.24) is 9.13 Å². The summed E-state index contributed by atoms with van der Waals surface area (Å²) in [5, 5.41) is 4.84. The van der Waals surface area contributed by atoms with Crippen molar-refractivity contribution in [2.45, 2.75) is 157 Å². The Hall–Kier alpha value is -9.32. The summed E-state index contributed by atoms with van der Waals surface area (Å²) in [6.45, 7) is 41.8. The fraction of sp³-hybridized carbons (Fsp3) is 0.267. The highest BCUT2D eigenvalue weighted by atomic mass is 15.2. The number of fused-ring (bicyclic) bond motifs is 11. The molecule has 0 atom stereocenters. The summed E-state index contributed by atoms with van der Waals surface area (Å²) in [6, 6.07) is 87.8. The molecule has 474 valence electrons. The molecule has 2 aliphatic rings. The number of para-hydroxylation sites is 2. The van der Waals surface area contributed by atoms with E-state index in [1.165, 1.54) is 127 Å². The van der Waals surface area contributed by atoms with Crippen molar-refractivity contribution in [2.24, 2.45) is 0 Å². The predicted octanol–water partition coefficient (Wildman–Crippen LogP) is 23.1. The third kappa shape index (κ3) is 10.4. The van der Waals surface area contributed by atoms with Crippen LogP contribution in [-0.2, 0) is 32.5 Å². The smallest absolute Gasteiger partial charge is 0.252 e. The Morgan fingerprint density at radius 3 is 0.905 bits per heavy atom. The van der Waals surface area contributed by atoms with Crippen LogP contribution in [0.4, 0.5) is 34.1 Å². The summed E-state index contributed by atoms with van der Waals surface area (Å²) in [5.41, 5.74) is 30.3. The number of hydrogen-bond acceptors (Lipinski definition) is 2. The second-order valence-electron chi connectivity index (χ2n) is 33.6. The molecule has 0 radical (unpaired) electrons. The first kappa shape index (κ1) is 61.8. The molecule has 0 N–H and O–H groups in total. The van der Waals surface area contributed by atoms with Crippen molar-refractivity contribution >= 4 is 101 Å². The molecule has 0 unspecified atom stereocenters. The lowest BCUT2D eigenvalue weighted by molar-refractivity contribution is 0.590. The van der Waals surface area contributed by atoms with E-state index in [4.69, 9.17) is 0 Å². The molecule has 0 saturated heterocycles. The van der Waals surface area contributed by atoms with Crippen LogP contribution in [-0.4, -0.2) is 15.8 Å². The zero-order valence-corrected chi connectivity index (χ0v) is 59.2. The van der Waals surface area contributed by atoms with Gasteiger partial charge in [0.05, 0.1) is 27.8 Å². The zero-order chi connectivity index (χ0) is 66.8. The highest BCUT2D eigenvalue weighted by molar-refractivity contribution is 7.00. The number of aromatic nitrogens is 2. The Morgan fingerprint density at radius 1 is 0.242 bits per heavy atom. The van der Waals surface area contributed by atoms with Crippen LogP contribution in [0.3, 0.4) is 0 Å². The van der Waals surface area contributed by atoms with Crippen LogP contribution >= 0.6 is 0 Å². The van der Waals surface area contributed by atoms with Crippen molar-refractivity contribution in [3.63, 3.8) is 0 Å². The molecule has 0 amide bonds. The SMILES string of the molecule is CC(C)(C)c1ccc(-c2cc(-c3ccc(C(C)(C)C)cc3)cc(-n3c4ccccc4c4ccc5c6ccccc6n(-c6cc7c8c(c6)N(c6ccc(C(C)(C)C)cc6)c6ccc(C(C)(C)C)cc6B8c6cc(C(C)(C)C)ccc6N7c6ccc(C(C)(C)C)cc6)c5c43)c2)cc1. The number of anilines is 6. The molecule has 0 bridgehead atoms. The van der Waals surface area contributed by atoms with Gasteiger partial charge in [-0.05, 0) is 183 Å². The monoisotopic (exact) mass is 1240 g/mol. The first-order chi connectivity index (χ1) is 44.9. The molecule has 0 fully saturated rings. The highest BCUT2D eigenvalue weighted by Crippen LogP contribution is 2.50. The van der Waals surface area contributed by atoms with Gasteiger partial charge in [0.25, 0.3) is 6.71 Å². The van der Waals surface area contributed by atoms with E-state index in [1.807, 2.05) is 0 Å². The molecule has 2 aliphatic heterocycles. The molecule has 13 aromatic rings. The largest absolute Gasteiger partial charge is 0.311 e. The van der Waals surface area contributed by atoms with Gasteiger partial charge >= 0.3 is 0 Å². The first-order valence-electron chi connectivity index (χ1n) is 34.5. The lowest BCUT2D eigenvalue weighted by atomic mass is 9.33. The Labute approximate surface area is 565 Å². The van der Waals surface area contributed by atoms with E-state index in [1.54, 1.807) is 0 Å². The summed E-state index contributed by atoms with van der Waals surface area (Å²) >= 11 is 0. The Morgan fingerprint density at radius 2 is 0.558 bits per heavy atom. The van der Waals surface area contributed by atoms with E-state index >= 15 is 0 Å². The minimum atomic E-state index is -0.0879. The van der Waals surface area contributed by atoms with Crippen LogP contribution in [0.2, 0.25) is 0 Å². The minimum absolute atomic E-state index is 0.0236. The van der Waals surface area contributed by atoms with Gasteiger partial charge in [0.2, 0.25) is 0 Å². The van der Waals surface area contributed by atoms with Crippen LogP contribution < -0.4 is 26.2 Å². The van der Waals surface area contributed by atoms with Crippen LogP contribution in [0.25, 0.3) is 77.2 Å². The van der Waals surface area contributed by atoms with Crippen LogP contribution in [0.5, 0.6) is 0 Å². The maximum absolute atomic E-state index is 2.63. The highest BCUT2D eigenvalue weighted by Gasteiger charge is 2.45. The van der Waals surface area contributed by atoms with Crippen molar-refractivity contribution < 1.29 is 0 Å². The van der Waals surface area contributed by atoms with Gasteiger partial charge in [0, 0.05) is 61.4 Å². The third-order valence-electron chi connectivity index (χ3n) is 20.8. The Balaban J connectivity index is 1.08. The summed E-state index contributed by atoms with van der Waals surface area (Å²) in [4.78, 5) is 5.23. The average molecular weight is 1240 g/mol. The van der Waals surface area contributed by atoms with Gasteiger partial charge in [-0.25, -0.2) is 0 Å². The molecule has 0 spiro atoms. The van der Waals surface area contributed by atoms with Gasteiger partial charge in [-0.2, -0.15) is 0 Å². The number of rotatable bonds is 6. The molecule has 0 saturated carbocycles. The summed E-state index contributed by atoms with van der Waals surface area (Å²) in [7, 11) is 0. The molecule has 0 aliphatic carbocycles. The molecule has 11 aromatic carbocycles. The lowest BCUT2D eigenvalue weighted by Gasteiger charge is -2.45. The zero-order valence-electron chi connectivity index (χ0n) is 59.2. The van der Waals surface area contributed by atoms with Gasteiger partial charge in [-0.3, -0.25) is 0 Å². The molecule has 4 heterocycles. The van der Waals surface area contributed by atoms with E-state index in [0.717, 1.165) is 33.8 Å². The molecule has 2 aromatic heterocycles. The quantitative estimate of drug-likeness (QED) is 0.154. The molecule has 4 nitrogen and oxygen atoms in total. The van der Waals surface area contributed by atoms with E-state index in [0.29, 0.717) is 0 Å². The maximum atomic E-state index is 2.63. The molecular formula is C90H91BN4. The van der Waals surface area contributed by atoms with Gasteiger partial charge in [0.15, 0.2) is 0 Å². The van der Waals surface area contributed by atoms with Crippen molar-refractivity contribution in [3.05, 3.63) is 258 Å². The predicted molar refractivity (Wildman–Crippen MR) is 412 cm³/mol. The van der Waals surface area contributed by atoms with Gasteiger partial charge < -0.3 is 18.9 Å². The normalized spacial score (nSPS) is 13.7. The van der Waals surface area contributed by atoms with E-state index < -0.39 is 0 Å². The number of benzene rings is 11. The van der Waals surface area contributed by atoms with E-state index in [2.05, 4.69) is 368 Å². The van der Waals surface area contributed by atoms with Crippen molar-refractivity contribution in [1.29, 1.82) is 0 Å². The fourth-order valence-electron chi connectivity index (χ4n) is 15.3. The maximum Gasteiger partial charge on any atom is 0.252 e. The van der Waals surface area contributed by atoms with E-state index in [9.17, 15) is 0 Å². The van der Waals surface area contributed by atoms with Gasteiger partial charge in [0.1, 0.15) is 0 Å². The lowest BCUT2D eigenvalue weighted by Crippen LogP contribution is -2.61. The number of nitrogens with zero attached hydrogens (tertiary/aromatic N) is 4. The molecule has 95 heavy (non-hydrogen) atoms. The van der Waals surface area contributed by atoms with E-state index in [-0.39, 0.29) is 39.2 Å². The second-order valence-corrected chi connectivity index (χ2v) is 33.6. The molecular weight excluding hydrogens is 1150 g/mol. The minimum Gasteiger partial charge on any atom is -0.311 e. The van der Waals surface area contributed by atoms with Crippen LogP contribution in [0.1, 0.15) is 158 Å². The third-order valence-corrected chi connectivity index (χ3v) is 20.8. The standard InChI is InChI=1S/C90H91BN4/c1-85(2,3)60-31-27-56(28-32-60)58-49-59(57-29-33-61(34-30-57)86(4,5)6)51-68(50-58)94-76-25-21-19-23-70(76)72-45-46-73-71-24-20-22-26-77(71)95(84(73)83(72)94)69-54-80-82-81(55-69)93(67-43-37-63(38-44-67)88(10,11)12)79-48-40-65(90(16,17)18)53-75(79)91(82)74-52-64(89(13,14)15)39-47-78(74)92(80)66-41-35-62(36-42-66)87(7,8)9/h19-55H,1-18H3. The second kappa shape index (κ2) is 21.6. The molecule has 15 rings (SSSR count). The van der Waals surface area contributed by atoms with Gasteiger partial charge in [-0.15, -0.1) is 0 Å². The summed E-state index contributed by atoms with van der Waals surface area (Å²) < 4.78 is 5.23. The Bertz CT molecular complexity index is 4980. The first-order valence-corrected chi connectivity index (χ1v) is 34.5. The number of hydrogen-bond donors (Lipinski definition) is 0. The Kier molecular flexibility index (Phi) is 14.1. The van der Waals surface area contributed by atoms with Crippen LogP contribution in [0, 0.1) is 0 Å². The van der Waals surface area contributed by atoms with Crippen molar-refractivity contribution in [3.8, 4) is 33.6 Å². The topological polar surface area (TPSA) is 16.3 Å². The fourth-order valence-corrected chi connectivity index (χ4v) is 15.3. The average Bonchev–Trinajstić information content (AvgIpc) is 1.64. The van der Waals surface area contributed by atoms with Crippen LogP contribution in [0.15, 0.2) is 224 Å². The van der Waals surface area contributed by atoms with Gasteiger partial charge in [-0.1, -0.05) is 270 Å². The van der Waals surface area contributed by atoms with Crippen molar-refractivity contribution in [2.75, 3.05) is 9.80 Å². The summed E-state index contributed by atoms with van der Waals surface area (Å²) in [6.07, 6.45) is 0. The molecule has 5 heteroatoms.